The molecule has 0 aliphatic heterocycles. The van der Waals surface area contributed by atoms with Crippen LogP contribution >= 0.6 is 46.4 Å². The number of nitrogens with one attached hydrogen (secondary N) is 2. The number of rotatable bonds is 12. The largest absolute Gasteiger partial charge is 0.489 e. The molecule has 0 aromatic heterocycles. The molecule has 4 aromatic rings. The molecule has 0 unspecified atom stereocenters. The lowest BCUT2D eigenvalue weighted by Gasteiger charge is -2.21. The summed E-state index contributed by atoms with van der Waals surface area (Å²) in [6, 6.07) is 25.5. The van der Waals surface area contributed by atoms with Crippen LogP contribution in [0.3, 0.4) is 0 Å². The quantitative estimate of drug-likeness (QED) is 0.122. The molecule has 4 aromatic carbocycles. The van der Waals surface area contributed by atoms with Crippen LogP contribution in [0.25, 0.3) is 0 Å². The summed E-state index contributed by atoms with van der Waals surface area (Å²) < 4.78 is 11.5. The van der Waals surface area contributed by atoms with Gasteiger partial charge in [0.1, 0.15) is 24.1 Å². The SMILES string of the molecule is C[C@@H](Oc1ccc(Cl)cc1Cl)C(=O)N[C@H](Cc1ccccc1)C(=O)N/N=C\c1ccc(OCc2ccc(Cl)cc2Cl)cc1. The Hall–Kier alpha value is -3.75. The van der Waals surface area contributed by atoms with E-state index in [0.29, 0.717) is 26.6 Å². The van der Waals surface area contributed by atoms with Crippen molar-refractivity contribution < 1.29 is 19.1 Å². The second kappa shape index (κ2) is 15.6. The topological polar surface area (TPSA) is 89.0 Å². The van der Waals surface area contributed by atoms with E-state index >= 15 is 0 Å². The van der Waals surface area contributed by atoms with E-state index < -0.39 is 24.0 Å². The highest BCUT2D eigenvalue weighted by molar-refractivity contribution is 6.35. The fraction of sp³-hybridized carbons (Fsp3) is 0.156. The second-order valence-electron chi connectivity index (χ2n) is 9.41. The highest BCUT2D eigenvalue weighted by atomic mass is 35.5. The molecule has 0 radical (unpaired) electrons. The molecular weight excluding hydrogens is 632 g/mol. The predicted octanol–water partition coefficient (Wildman–Crippen LogP) is 7.52. The normalized spacial score (nSPS) is 12.4. The Morgan fingerprint density at radius 2 is 1.51 bits per heavy atom. The predicted molar refractivity (Wildman–Crippen MR) is 172 cm³/mol. The Bertz CT molecular complexity index is 1580. The Morgan fingerprint density at radius 3 is 2.19 bits per heavy atom. The lowest BCUT2D eigenvalue weighted by atomic mass is 10.1. The minimum atomic E-state index is -0.940. The molecule has 2 N–H and O–H groups in total. The van der Waals surface area contributed by atoms with Gasteiger partial charge in [-0.1, -0.05) is 82.8 Å². The number of hydrogen-bond donors (Lipinski definition) is 2. The molecule has 43 heavy (non-hydrogen) atoms. The number of hydrazone groups is 1. The van der Waals surface area contributed by atoms with Crippen molar-refractivity contribution in [2.24, 2.45) is 5.10 Å². The standard InChI is InChI=1S/C32H27Cl4N3O4/c1-20(43-30-14-11-25(34)17-28(30)36)31(40)38-29(15-21-5-3-2-4-6-21)32(41)39-37-18-22-7-12-26(13-8-22)42-19-23-9-10-24(33)16-27(23)35/h2-14,16-18,20,29H,15,19H2,1H3,(H,38,40)(H,39,41)/b37-18-/t20-,29-/m1/s1. The van der Waals surface area contributed by atoms with E-state index in [2.05, 4.69) is 15.8 Å². The Balaban J connectivity index is 1.35. The summed E-state index contributed by atoms with van der Waals surface area (Å²) in [5, 5.41) is 8.63. The molecule has 222 valence electrons. The van der Waals surface area contributed by atoms with Crippen molar-refractivity contribution >= 4 is 64.4 Å². The maximum absolute atomic E-state index is 13.1. The van der Waals surface area contributed by atoms with Gasteiger partial charge in [0.15, 0.2) is 6.10 Å². The molecule has 11 heteroatoms. The molecule has 4 rings (SSSR count). The van der Waals surface area contributed by atoms with Gasteiger partial charge in [0.05, 0.1) is 11.2 Å². The molecule has 0 saturated heterocycles. The lowest BCUT2D eigenvalue weighted by Crippen LogP contribution is -2.50. The highest BCUT2D eigenvalue weighted by Gasteiger charge is 2.25. The molecule has 0 aliphatic carbocycles. The van der Waals surface area contributed by atoms with Crippen molar-refractivity contribution in [1.82, 2.24) is 10.7 Å². The van der Waals surface area contributed by atoms with Crippen LogP contribution in [0.1, 0.15) is 23.6 Å². The average Bonchev–Trinajstić information content (AvgIpc) is 2.99. The van der Waals surface area contributed by atoms with Gasteiger partial charge in [-0.2, -0.15) is 5.10 Å². The maximum atomic E-state index is 13.1. The first-order chi connectivity index (χ1) is 20.7. The number of amides is 2. The zero-order valence-electron chi connectivity index (χ0n) is 22.9. The second-order valence-corrected chi connectivity index (χ2v) is 11.1. The highest BCUT2D eigenvalue weighted by Crippen LogP contribution is 2.28. The summed E-state index contributed by atoms with van der Waals surface area (Å²) in [5.74, 6) is -0.0619. The van der Waals surface area contributed by atoms with Crippen LogP contribution in [0.2, 0.25) is 20.1 Å². The van der Waals surface area contributed by atoms with E-state index in [4.69, 9.17) is 55.9 Å². The van der Waals surface area contributed by atoms with Crippen molar-refractivity contribution in [3.63, 3.8) is 0 Å². The monoisotopic (exact) mass is 657 g/mol. The van der Waals surface area contributed by atoms with Crippen molar-refractivity contribution in [1.29, 1.82) is 0 Å². The molecule has 7 nitrogen and oxygen atoms in total. The van der Waals surface area contributed by atoms with Crippen LogP contribution in [0.5, 0.6) is 11.5 Å². The van der Waals surface area contributed by atoms with E-state index in [-0.39, 0.29) is 18.1 Å². The molecule has 0 aliphatic rings. The Morgan fingerprint density at radius 1 is 0.837 bits per heavy atom. The first-order valence-electron chi connectivity index (χ1n) is 13.1. The Labute approximate surface area is 269 Å². The van der Waals surface area contributed by atoms with Crippen molar-refractivity contribution in [2.75, 3.05) is 0 Å². The minimum absolute atomic E-state index is 0.242. The zero-order valence-corrected chi connectivity index (χ0v) is 25.9. The summed E-state index contributed by atoms with van der Waals surface area (Å²) in [4.78, 5) is 26.1. The molecule has 0 heterocycles. The van der Waals surface area contributed by atoms with Gasteiger partial charge in [-0.05, 0) is 72.6 Å². The first kappa shape index (κ1) is 32.2. The van der Waals surface area contributed by atoms with Crippen LogP contribution in [-0.2, 0) is 22.6 Å². The van der Waals surface area contributed by atoms with Gasteiger partial charge in [0.25, 0.3) is 11.8 Å². The fourth-order valence-corrected chi connectivity index (χ4v) is 4.78. The van der Waals surface area contributed by atoms with Gasteiger partial charge in [0, 0.05) is 27.1 Å². The lowest BCUT2D eigenvalue weighted by molar-refractivity contribution is -0.132. The molecule has 0 spiro atoms. The smallest absolute Gasteiger partial charge is 0.262 e. The average molecular weight is 659 g/mol. The summed E-state index contributed by atoms with van der Waals surface area (Å²) in [5.41, 5.74) is 4.91. The van der Waals surface area contributed by atoms with E-state index in [1.165, 1.54) is 12.3 Å². The fourth-order valence-electron chi connectivity index (χ4n) is 3.86. The number of carbonyl (C=O) groups is 2. The van der Waals surface area contributed by atoms with E-state index in [9.17, 15) is 9.59 Å². The maximum Gasteiger partial charge on any atom is 0.262 e. The van der Waals surface area contributed by atoms with Crippen LogP contribution in [0.4, 0.5) is 0 Å². The third kappa shape index (κ3) is 9.90. The van der Waals surface area contributed by atoms with E-state index in [1.807, 2.05) is 36.4 Å². The summed E-state index contributed by atoms with van der Waals surface area (Å²) in [7, 11) is 0. The van der Waals surface area contributed by atoms with Crippen molar-refractivity contribution in [3.8, 4) is 11.5 Å². The van der Waals surface area contributed by atoms with Crippen LogP contribution in [0, 0.1) is 0 Å². The van der Waals surface area contributed by atoms with Gasteiger partial charge in [-0.25, -0.2) is 5.43 Å². The van der Waals surface area contributed by atoms with Crippen molar-refractivity contribution in [3.05, 3.63) is 128 Å². The number of nitrogens with zero attached hydrogens (tertiary/aromatic N) is 1. The van der Waals surface area contributed by atoms with Gasteiger partial charge in [0.2, 0.25) is 0 Å². The third-order valence-corrected chi connectivity index (χ3v) is 7.28. The van der Waals surface area contributed by atoms with Crippen LogP contribution in [-0.4, -0.2) is 30.2 Å². The van der Waals surface area contributed by atoms with E-state index in [0.717, 1.165) is 16.7 Å². The number of benzene rings is 4. The van der Waals surface area contributed by atoms with Gasteiger partial charge >= 0.3 is 0 Å². The molecule has 0 saturated carbocycles. The van der Waals surface area contributed by atoms with Gasteiger partial charge in [-0.15, -0.1) is 0 Å². The van der Waals surface area contributed by atoms with Crippen molar-refractivity contribution in [2.45, 2.75) is 32.1 Å². The summed E-state index contributed by atoms with van der Waals surface area (Å²) in [6.45, 7) is 1.84. The van der Waals surface area contributed by atoms with Crippen LogP contribution < -0.4 is 20.2 Å². The Kier molecular flexibility index (Phi) is 11.7. The number of carbonyl (C=O) groups excluding carboxylic acids is 2. The molecule has 0 fully saturated rings. The number of hydrogen-bond acceptors (Lipinski definition) is 5. The molecule has 0 bridgehead atoms. The van der Waals surface area contributed by atoms with Gasteiger partial charge < -0.3 is 14.8 Å². The summed E-state index contributed by atoms with van der Waals surface area (Å²) in [6.07, 6.45) is 0.795. The molecule has 2 atom stereocenters. The zero-order chi connectivity index (χ0) is 30.8. The number of halogens is 4. The minimum Gasteiger partial charge on any atom is -0.489 e. The van der Waals surface area contributed by atoms with Gasteiger partial charge in [-0.3, -0.25) is 9.59 Å². The summed E-state index contributed by atoms with van der Waals surface area (Å²) >= 11 is 24.3. The first-order valence-corrected chi connectivity index (χ1v) is 14.6. The molecular formula is C32H27Cl4N3O4. The molecule has 2 amide bonds. The van der Waals surface area contributed by atoms with E-state index in [1.54, 1.807) is 55.5 Å². The number of ether oxygens (including phenoxy) is 2. The van der Waals surface area contributed by atoms with Crippen LogP contribution in [0.15, 0.2) is 96.1 Å². The third-order valence-electron chi connectivity index (χ3n) is 6.16.